The highest BCUT2D eigenvalue weighted by Gasteiger charge is 2.39. The van der Waals surface area contributed by atoms with Gasteiger partial charge in [0.05, 0.1) is 9.95 Å². The highest BCUT2D eigenvalue weighted by atomic mass is 35.5. The summed E-state index contributed by atoms with van der Waals surface area (Å²) < 4.78 is 67.6. The van der Waals surface area contributed by atoms with Crippen molar-refractivity contribution >= 4 is 17.3 Å². The van der Waals surface area contributed by atoms with Crippen molar-refractivity contribution in [2.75, 3.05) is 0 Å². The van der Waals surface area contributed by atoms with E-state index in [1.165, 1.54) is 0 Å². The summed E-state index contributed by atoms with van der Waals surface area (Å²) in [5.41, 5.74) is -2.55. The summed E-state index contributed by atoms with van der Waals surface area (Å²) in [7, 11) is 1.01. The van der Waals surface area contributed by atoms with Crippen LogP contribution in [0.15, 0.2) is 36.4 Å². The van der Waals surface area contributed by atoms with Crippen LogP contribution < -0.4 is 0 Å². The van der Waals surface area contributed by atoms with Crippen molar-refractivity contribution in [2.45, 2.75) is 6.18 Å². The molecule has 0 saturated heterocycles. The van der Waals surface area contributed by atoms with Gasteiger partial charge >= 0.3 is 6.18 Å². The first-order valence-electron chi connectivity index (χ1n) is 7.54. The van der Waals surface area contributed by atoms with Crippen LogP contribution in [0.5, 0.6) is 0 Å². The molecule has 0 radical (unpaired) electrons. The smallest absolute Gasteiger partial charge is 0.262 e. The van der Waals surface area contributed by atoms with E-state index >= 15 is 0 Å². The predicted octanol–water partition coefficient (Wildman–Crippen LogP) is 5.61. The lowest BCUT2D eigenvalue weighted by atomic mass is 9.96. The van der Waals surface area contributed by atoms with Gasteiger partial charge in [-0.15, -0.1) is 0 Å². The Hall–Kier alpha value is -3.01. The summed E-state index contributed by atoms with van der Waals surface area (Å²) in [6, 6.07) is 5.72. The summed E-state index contributed by atoms with van der Waals surface area (Å²) in [4.78, 5) is 10.3. The number of halogens is 6. The van der Waals surface area contributed by atoms with E-state index in [0.717, 1.165) is 37.4 Å². The molecule has 0 saturated carbocycles. The van der Waals surface area contributed by atoms with Gasteiger partial charge in [0, 0.05) is 36.4 Å². The third-order valence-corrected chi connectivity index (χ3v) is 4.31. The normalized spacial score (nSPS) is 11.7. The first-order chi connectivity index (χ1) is 13.0. The van der Waals surface area contributed by atoms with Crippen molar-refractivity contribution in [3.05, 3.63) is 68.9 Å². The van der Waals surface area contributed by atoms with Gasteiger partial charge in [0.2, 0.25) is 0 Å². The Morgan fingerprint density at radius 3 is 2.25 bits per heavy atom. The second-order valence-electron chi connectivity index (χ2n) is 5.74. The molecule has 11 heteroatoms. The summed E-state index contributed by atoms with van der Waals surface area (Å²) in [6.07, 6.45) is -4.83. The number of nitro groups is 1. The number of hydrogen-bond acceptors (Lipinski definition) is 3. The van der Waals surface area contributed by atoms with Crippen molar-refractivity contribution < 1.29 is 26.9 Å². The fourth-order valence-electron chi connectivity index (χ4n) is 2.76. The maximum absolute atomic E-state index is 14.3. The highest BCUT2D eigenvalue weighted by molar-refractivity contribution is 6.34. The standard InChI is InChI=1S/C17H9ClF5N3O2/c1-25-16(17(21,22)23)14(18)15(24-25)12-7-9(26(27)28)3-5-10(12)11-4-2-8(19)6-13(11)20/h2-7H,1H3. The maximum Gasteiger partial charge on any atom is 0.434 e. The Kier molecular flexibility index (Phi) is 4.84. The first kappa shape index (κ1) is 19.7. The summed E-state index contributed by atoms with van der Waals surface area (Å²) in [5, 5.41) is 14.0. The average molecular weight is 418 g/mol. The number of non-ortho nitro benzene ring substituents is 1. The van der Waals surface area contributed by atoms with E-state index in [4.69, 9.17) is 11.6 Å². The van der Waals surface area contributed by atoms with Gasteiger partial charge in [-0.3, -0.25) is 14.8 Å². The minimum Gasteiger partial charge on any atom is -0.262 e. The van der Waals surface area contributed by atoms with Crippen molar-refractivity contribution in [1.82, 2.24) is 9.78 Å². The third-order valence-electron chi connectivity index (χ3n) is 3.95. The zero-order valence-corrected chi connectivity index (χ0v) is 14.6. The Morgan fingerprint density at radius 2 is 1.71 bits per heavy atom. The number of aromatic nitrogens is 2. The van der Waals surface area contributed by atoms with E-state index in [1.807, 2.05) is 0 Å². The monoisotopic (exact) mass is 417 g/mol. The molecule has 0 aliphatic rings. The van der Waals surface area contributed by atoms with Crippen LogP contribution in [0, 0.1) is 21.7 Å². The van der Waals surface area contributed by atoms with Gasteiger partial charge in [-0.2, -0.15) is 18.3 Å². The Labute approximate surface area is 159 Å². The number of nitrogens with zero attached hydrogens (tertiary/aromatic N) is 3. The van der Waals surface area contributed by atoms with E-state index in [0.29, 0.717) is 10.7 Å². The summed E-state index contributed by atoms with van der Waals surface area (Å²) in [6.45, 7) is 0. The van der Waals surface area contributed by atoms with Gasteiger partial charge < -0.3 is 0 Å². The van der Waals surface area contributed by atoms with Crippen molar-refractivity contribution in [3.63, 3.8) is 0 Å². The number of rotatable bonds is 3. The molecule has 3 aromatic rings. The Morgan fingerprint density at radius 1 is 1.07 bits per heavy atom. The molecule has 5 nitrogen and oxygen atoms in total. The molecule has 0 aliphatic carbocycles. The van der Waals surface area contributed by atoms with Gasteiger partial charge in [0.15, 0.2) is 5.69 Å². The highest BCUT2D eigenvalue weighted by Crippen LogP contribution is 2.43. The topological polar surface area (TPSA) is 61.0 Å². The Balaban J connectivity index is 2.34. The van der Waals surface area contributed by atoms with Gasteiger partial charge in [0.1, 0.15) is 17.3 Å². The zero-order valence-electron chi connectivity index (χ0n) is 13.9. The molecule has 28 heavy (non-hydrogen) atoms. The van der Waals surface area contributed by atoms with E-state index < -0.39 is 44.8 Å². The molecule has 1 aromatic heterocycles. The molecule has 0 amide bonds. The van der Waals surface area contributed by atoms with Crippen molar-refractivity contribution in [2.24, 2.45) is 7.05 Å². The van der Waals surface area contributed by atoms with Gasteiger partial charge in [0.25, 0.3) is 5.69 Å². The van der Waals surface area contributed by atoms with E-state index in [2.05, 4.69) is 5.10 Å². The SMILES string of the molecule is Cn1nc(-c2cc([N+](=O)[O-])ccc2-c2ccc(F)cc2F)c(Cl)c1C(F)(F)F. The van der Waals surface area contributed by atoms with Crippen LogP contribution in [0.25, 0.3) is 22.4 Å². The van der Waals surface area contributed by atoms with Crippen LogP contribution in [-0.4, -0.2) is 14.7 Å². The lowest BCUT2D eigenvalue weighted by molar-refractivity contribution is -0.384. The minimum atomic E-state index is -4.83. The lowest BCUT2D eigenvalue weighted by Crippen LogP contribution is -2.12. The zero-order chi connectivity index (χ0) is 20.8. The molecule has 0 spiro atoms. The first-order valence-corrected chi connectivity index (χ1v) is 7.92. The van der Waals surface area contributed by atoms with Crippen LogP contribution in [0.2, 0.25) is 5.02 Å². The van der Waals surface area contributed by atoms with Crippen LogP contribution >= 0.6 is 11.6 Å². The molecular weight excluding hydrogens is 409 g/mol. The number of benzene rings is 2. The molecule has 3 rings (SSSR count). The Bertz CT molecular complexity index is 1100. The second-order valence-corrected chi connectivity index (χ2v) is 6.12. The molecule has 0 atom stereocenters. The van der Waals surface area contributed by atoms with Crippen LogP contribution in [0.4, 0.5) is 27.6 Å². The lowest BCUT2D eigenvalue weighted by Gasteiger charge is -2.10. The fraction of sp³-hybridized carbons (Fsp3) is 0.118. The maximum atomic E-state index is 14.3. The van der Waals surface area contributed by atoms with Crippen LogP contribution in [-0.2, 0) is 13.2 Å². The second kappa shape index (κ2) is 6.86. The molecule has 0 aliphatic heterocycles. The molecule has 146 valence electrons. The number of alkyl halides is 3. The quantitative estimate of drug-likeness (QED) is 0.316. The van der Waals surface area contributed by atoms with Gasteiger partial charge in [-0.1, -0.05) is 11.6 Å². The summed E-state index contributed by atoms with van der Waals surface area (Å²) >= 11 is 5.88. The fourth-order valence-corrected chi connectivity index (χ4v) is 3.13. The van der Waals surface area contributed by atoms with E-state index in [9.17, 15) is 32.1 Å². The number of nitro benzene ring substituents is 1. The minimum absolute atomic E-state index is 0.0307. The van der Waals surface area contributed by atoms with Gasteiger partial charge in [-0.25, -0.2) is 8.78 Å². The largest absolute Gasteiger partial charge is 0.434 e. The van der Waals surface area contributed by atoms with E-state index in [1.54, 1.807) is 0 Å². The molecule has 0 bridgehead atoms. The van der Waals surface area contributed by atoms with Gasteiger partial charge in [-0.05, 0) is 23.8 Å². The predicted molar refractivity (Wildman–Crippen MR) is 90.7 cm³/mol. The molecule has 0 N–H and O–H groups in total. The molecule has 0 unspecified atom stereocenters. The van der Waals surface area contributed by atoms with Crippen LogP contribution in [0.1, 0.15) is 5.69 Å². The summed E-state index contributed by atoms with van der Waals surface area (Å²) in [5.74, 6) is -1.86. The van der Waals surface area contributed by atoms with Crippen molar-refractivity contribution in [3.8, 4) is 22.4 Å². The molecule has 2 aromatic carbocycles. The van der Waals surface area contributed by atoms with E-state index in [-0.39, 0.29) is 16.7 Å². The third kappa shape index (κ3) is 3.42. The molecule has 1 heterocycles. The number of hydrogen-bond donors (Lipinski definition) is 0. The molecular formula is C17H9ClF5N3O2. The number of aryl methyl sites for hydroxylation is 1. The average Bonchev–Trinajstić information content (AvgIpc) is 2.88. The van der Waals surface area contributed by atoms with Crippen LogP contribution in [0.3, 0.4) is 0 Å². The van der Waals surface area contributed by atoms with Crippen molar-refractivity contribution in [1.29, 1.82) is 0 Å². The molecule has 0 fully saturated rings.